The number of aromatic nitrogens is 1. The van der Waals surface area contributed by atoms with Crippen molar-refractivity contribution in [2.75, 3.05) is 0 Å². The number of aryl methyl sites for hydroxylation is 1. The van der Waals surface area contributed by atoms with E-state index in [4.69, 9.17) is 11.6 Å². The normalized spacial score (nSPS) is 10.9. The summed E-state index contributed by atoms with van der Waals surface area (Å²) in [4.78, 5) is 12.5. The third-order valence-electron chi connectivity index (χ3n) is 3.41. The van der Waals surface area contributed by atoms with Crippen LogP contribution >= 0.6 is 11.6 Å². The van der Waals surface area contributed by atoms with Crippen LogP contribution < -0.4 is 5.56 Å². The van der Waals surface area contributed by atoms with Crippen LogP contribution in [0.15, 0.2) is 53.3 Å². The first-order valence-electron chi connectivity index (χ1n) is 6.16. The van der Waals surface area contributed by atoms with Gasteiger partial charge < -0.3 is 9.67 Å². The highest BCUT2D eigenvalue weighted by atomic mass is 35.5. The number of aromatic hydroxyl groups is 1. The molecule has 1 N–H and O–H groups in total. The maximum Gasteiger partial charge on any atom is 0.262 e. The summed E-state index contributed by atoms with van der Waals surface area (Å²) in [7, 11) is 1.70. The van der Waals surface area contributed by atoms with E-state index in [2.05, 4.69) is 0 Å². The van der Waals surface area contributed by atoms with Crippen molar-refractivity contribution < 1.29 is 5.11 Å². The molecule has 0 fully saturated rings. The Kier molecular flexibility index (Phi) is 2.99. The highest BCUT2D eigenvalue weighted by molar-refractivity contribution is 6.30. The van der Waals surface area contributed by atoms with E-state index in [1.54, 1.807) is 41.9 Å². The standard InChI is InChI=1S/C16H12ClNO2/c1-18-13-5-3-2-4-12(13)15(19)14(16(18)20)10-6-8-11(17)9-7-10/h2-9,19H,1H3. The first kappa shape index (κ1) is 12.8. The fourth-order valence-electron chi connectivity index (χ4n) is 2.36. The molecule has 0 aliphatic rings. The Balaban J connectivity index is 2.42. The Morgan fingerprint density at radius 2 is 1.70 bits per heavy atom. The largest absolute Gasteiger partial charge is 0.506 e. The summed E-state index contributed by atoms with van der Waals surface area (Å²) in [5, 5.41) is 11.7. The number of hydrogen-bond acceptors (Lipinski definition) is 2. The van der Waals surface area contributed by atoms with Gasteiger partial charge in [-0.25, -0.2) is 0 Å². The number of rotatable bonds is 1. The Hall–Kier alpha value is -2.26. The van der Waals surface area contributed by atoms with Gasteiger partial charge in [0.05, 0.1) is 11.1 Å². The molecule has 3 rings (SSSR count). The van der Waals surface area contributed by atoms with Crippen LogP contribution in [-0.4, -0.2) is 9.67 Å². The van der Waals surface area contributed by atoms with E-state index >= 15 is 0 Å². The summed E-state index contributed by atoms with van der Waals surface area (Å²) in [6, 6.07) is 14.1. The number of nitrogens with zero attached hydrogens (tertiary/aromatic N) is 1. The molecule has 0 aliphatic carbocycles. The zero-order valence-electron chi connectivity index (χ0n) is 10.8. The fourth-order valence-corrected chi connectivity index (χ4v) is 2.48. The van der Waals surface area contributed by atoms with Crippen molar-refractivity contribution in [2.45, 2.75) is 0 Å². The maximum atomic E-state index is 12.5. The lowest BCUT2D eigenvalue weighted by molar-refractivity contribution is 0.481. The molecule has 0 amide bonds. The third kappa shape index (κ3) is 1.87. The lowest BCUT2D eigenvalue weighted by Gasteiger charge is -2.11. The summed E-state index contributed by atoms with van der Waals surface area (Å²) >= 11 is 5.86. The number of hydrogen-bond donors (Lipinski definition) is 1. The monoisotopic (exact) mass is 285 g/mol. The summed E-state index contributed by atoms with van der Waals surface area (Å²) in [5.41, 5.74) is 1.41. The second kappa shape index (κ2) is 4.69. The minimum Gasteiger partial charge on any atom is -0.506 e. The number of halogens is 1. The van der Waals surface area contributed by atoms with Crippen LogP contribution in [-0.2, 0) is 7.05 Å². The number of pyridine rings is 1. The van der Waals surface area contributed by atoms with Crippen LogP contribution in [0.4, 0.5) is 0 Å². The van der Waals surface area contributed by atoms with E-state index in [-0.39, 0.29) is 11.3 Å². The van der Waals surface area contributed by atoms with Gasteiger partial charge in [0.25, 0.3) is 5.56 Å². The molecule has 3 aromatic rings. The molecule has 0 spiro atoms. The van der Waals surface area contributed by atoms with Gasteiger partial charge in [-0.3, -0.25) is 4.79 Å². The zero-order chi connectivity index (χ0) is 14.3. The quantitative estimate of drug-likeness (QED) is 0.743. The van der Waals surface area contributed by atoms with Crippen molar-refractivity contribution in [1.29, 1.82) is 0 Å². The molecule has 0 atom stereocenters. The molecule has 20 heavy (non-hydrogen) atoms. The van der Waals surface area contributed by atoms with E-state index in [1.807, 2.05) is 18.2 Å². The van der Waals surface area contributed by atoms with Gasteiger partial charge in [-0.15, -0.1) is 0 Å². The highest BCUT2D eigenvalue weighted by Gasteiger charge is 2.15. The van der Waals surface area contributed by atoms with Crippen LogP contribution in [0.2, 0.25) is 5.02 Å². The average molecular weight is 286 g/mol. The summed E-state index contributed by atoms with van der Waals surface area (Å²) in [6.45, 7) is 0. The van der Waals surface area contributed by atoms with E-state index in [9.17, 15) is 9.90 Å². The SMILES string of the molecule is Cn1c(=O)c(-c2ccc(Cl)cc2)c(O)c2ccccc21. The van der Waals surface area contributed by atoms with E-state index < -0.39 is 0 Å². The fraction of sp³-hybridized carbons (Fsp3) is 0.0625. The number of para-hydroxylation sites is 1. The smallest absolute Gasteiger partial charge is 0.262 e. The van der Waals surface area contributed by atoms with Gasteiger partial charge in [-0.05, 0) is 29.8 Å². The second-order valence-electron chi connectivity index (χ2n) is 4.61. The molecule has 0 saturated carbocycles. The molecule has 0 aliphatic heterocycles. The maximum absolute atomic E-state index is 12.5. The Morgan fingerprint density at radius 3 is 2.40 bits per heavy atom. The van der Waals surface area contributed by atoms with Crippen LogP contribution in [0.5, 0.6) is 5.75 Å². The van der Waals surface area contributed by atoms with Crippen LogP contribution in [0.1, 0.15) is 0 Å². The molecule has 100 valence electrons. The second-order valence-corrected chi connectivity index (χ2v) is 5.05. The topological polar surface area (TPSA) is 42.2 Å². The van der Waals surface area contributed by atoms with Gasteiger partial charge in [-0.2, -0.15) is 0 Å². The van der Waals surface area contributed by atoms with E-state index in [1.165, 1.54) is 0 Å². The minimum atomic E-state index is -0.233. The predicted octanol–water partition coefficient (Wildman–Crippen LogP) is 3.56. The van der Waals surface area contributed by atoms with E-state index in [0.717, 1.165) is 0 Å². The van der Waals surface area contributed by atoms with Gasteiger partial charge in [-0.1, -0.05) is 35.9 Å². The molecule has 0 saturated heterocycles. The van der Waals surface area contributed by atoms with Gasteiger partial charge >= 0.3 is 0 Å². The molecule has 0 unspecified atom stereocenters. The average Bonchev–Trinajstić information content (AvgIpc) is 2.47. The van der Waals surface area contributed by atoms with Crippen molar-refractivity contribution >= 4 is 22.5 Å². The first-order valence-corrected chi connectivity index (χ1v) is 6.54. The van der Waals surface area contributed by atoms with Gasteiger partial charge in [0.15, 0.2) is 0 Å². The molecule has 0 bridgehead atoms. The van der Waals surface area contributed by atoms with Crippen molar-refractivity contribution in [3.63, 3.8) is 0 Å². The molecule has 3 nitrogen and oxygen atoms in total. The lowest BCUT2D eigenvalue weighted by atomic mass is 10.0. The van der Waals surface area contributed by atoms with Crippen molar-refractivity contribution in [3.8, 4) is 16.9 Å². The molecule has 1 aromatic heterocycles. The Morgan fingerprint density at radius 1 is 1.05 bits per heavy atom. The van der Waals surface area contributed by atoms with Crippen LogP contribution in [0, 0.1) is 0 Å². The molecule has 2 aromatic carbocycles. The Bertz CT molecular complexity index is 851. The predicted molar refractivity (Wildman–Crippen MR) is 81.3 cm³/mol. The van der Waals surface area contributed by atoms with Gasteiger partial charge in [0.1, 0.15) is 5.75 Å². The molecular weight excluding hydrogens is 274 g/mol. The summed E-state index contributed by atoms with van der Waals surface area (Å²) < 4.78 is 1.54. The van der Waals surface area contributed by atoms with Crippen molar-refractivity contribution in [2.24, 2.45) is 7.05 Å². The first-order chi connectivity index (χ1) is 9.59. The highest BCUT2D eigenvalue weighted by Crippen LogP contribution is 2.32. The zero-order valence-corrected chi connectivity index (χ0v) is 11.6. The minimum absolute atomic E-state index is 0.00558. The van der Waals surface area contributed by atoms with Crippen LogP contribution in [0.3, 0.4) is 0 Å². The molecular formula is C16H12ClNO2. The van der Waals surface area contributed by atoms with Gasteiger partial charge in [0, 0.05) is 17.5 Å². The summed E-state index contributed by atoms with van der Waals surface area (Å²) in [6.07, 6.45) is 0. The molecule has 0 radical (unpaired) electrons. The summed E-state index contributed by atoms with van der Waals surface area (Å²) in [5.74, 6) is 0.00558. The van der Waals surface area contributed by atoms with Crippen molar-refractivity contribution in [1.82, 2.24) is 4.57 Å². The molecule has 4 heteroatoms. The Labute approximate surface area is 120 Å². The lowest BCUT2D eigenvalue weighted by Crippen LogP contribution is -2.19. The van der Waals surface area contributed by atoms with Crippen molar-refractivity contribution in [3.05, 3.63) is 63.9 Å². The third-order valence-corrected chi connectivity index (χ3v) is 3.66. The van der Waals surface area contributed by atoms with Gasteiger partial charge in [0.2, 0.25) is 0 Å². The molecule has 1 heterocycles. The van der Waals surface area contributed by atoms with E-state index in [0.29, 0.717) is 27.1 Å². The number of fused-ring (bicyclic) bond motifs is 1. The van der Waals surface area contributed by atoms with Crippen LogP contribution in [0.25, 0.3) is 22.0 Å². The number of benzene rings is 2.